The number of anilines is 2. The van der Waals surface area contributed by atoms with Crippen LogP contribution in [0.2, 0.25) is 0 Å². The van der Waals surface area contributed by atoms with Gasteiger partial charge in [0.2, 0.25) is 0 Å². The van der Waals surface area contributed by atoms with Crippen molar-refractivity contribution in [3.63, 3.8) is 0 Å². The first-order valence-electron chi connectivity index (χ1n) is 11.0. The topological polar surface area (TPSA) is 85.1 Å². The summed E-state index contributed by atoms with van der Waals surface area (Å²) in [5.41, 5.74) is 0.602. The predicted octanol–water partition coefficient (Wildman–Crippen LogP) is 2.62. The Kier molecular flexibility index (Phi) is 4.51. The molecule has 33 heavy (non-hydrogen) atoms. The average molecular weight is 460 g/mol. The molecule has 1 spiro atoms. The minimum atomic E-state index is -4.51. The van der Waals surface area contributed by atoms with E-state index in [0.29, 0.717) is 26.3 Å². The maximum Gasteiger partial charge on any atom is 0.435 e. The fourth-order valence-electron chi connectivity index (χ4n) is 5.17. The fraction of sp³-hybridized carbons (Fsp3) is 0.571. The molecule has 3 aliphatic rings. The van der Waals surface area contributed by atoms with Gasteiger partial charge in [-0.25, -0.2) is 24.6 Å². The second-order valence-electron chi connectivity index (χ2n) is 9.22. The summed E-state index contributed by atoms with van der Waals surface area (Å²) in [5, 5.41) is 4.46. The number of nitrogens with zero attached hydrogens (tertiary/aromatic N) is 8. The minimum absolute atomic E-state index is 0.0565. The minimum Gasteiger partial charge on any atom is -0.379 e. The number of halogens is 3. The molecule has 3 aliphatic heterocycles. The van der Waals surface area contributed by atoms with Gasteiger partial charge in [-0.15, -0.1) is 0 Å². The molecule has 9 nitrogen and oxygen atoms in total. The molecule has 0 amide bonds. The number of hydrogen-bond donors (Lipinski definition) is 0. The molecule has 0 aliphatic carbocycles. The SMILES string of the molecule is Cc1ncc(N2CC3(CCN(c4cnc5cnn([C@@H]6CCOC6)c5n4)C3)C2)c(C(F)(F)F)n1. The Morgan fingerprint density at radius 1 is 1.06 bits per heavy atom. The lowest BCUT2D eigenvalue weighted by atomic mass is 9.78. The largest absolute Gasteiger partial charge is 0.435 e. The van der Waals surface area contributed by atoms with Gasteiger partial charge in [-0.2, -0.15) is 18.3 Å². The number of hydrogen-bond acceptors (Lipinski definition) is 8. The summed E-state index contributed by atoms with van der Waals surface area (Å²) in [4.78, 5) is 21.0. The van der Waals surface area contributed by atoms with E-state index in [-0.39, 0.29) is 23.0 Å². The van der Waals surface area contributed by atoms with Crippen LogP contribution in [0.4, 0.5) is 24.7 Å². The summed E-state index contributed by atoms with van der Waals surface area (Å²) < 4.78 is 47.9. The fourth-order valence-corrected chi connectivity index (χ4v) is 5.17. The monoisotopic (exact) mass is 460 g/mol. The Hall–Kier alpha value is -3.02. The molecular formula is C21H23F3N8O. The molecule has 1 atom stereocenters. The lowest BCUT2D eigenvalue weighted by molar-refractivity contribution is -0.141. The zero-order valence-corrected chi connectivity index (χ0v) is 18.1. The molecule has 0 bridgehead atoms. The van der Waals surface area contributed by atoms with Crippen molar-refractivity contribution in [2.24, 2.45) is 5.41 Å². The standard InChI is InChI=1S/C21H23F3N8O/c1-13-25-7-16(18(28-13)21(22,23)24)31-11-20(12-31)3-4-30(10-20)17-8-26-15-6-27-32(19(15)29-17)14-2-5-33-9-14/h6-8,14H,2-5,9-12H2,1H3/t14-/m1/s1. The van der Waals surface area contributed by atoms with Crippen LogP contribution in [-0.4, -0.2) is 69.1 Å². The van der Waals surface area contributed by atoms with Crippen LogP contribution in [0.25, 0.3) is 11.2 Å². The van der Waals surface area contributed by atoms with Crippen LogP contribution in [0, 0.1) is 12.3 Å². The van der Waals surface area contributed by atoms with E-state index in [0.717, 1.165) is 42.9 Å². The third kappa shape index (κ3) is 3.47. The van der Waals surface area contributed by atoms with Gasteiger partial charge >= 0.3 is 6.18 Å². The number of aromatic nitrogens is 6. The van der Waals surface area contributed by atoms with Crippen molar-refractivity contribution in [2.75, 3.05) is 49.2 Å². The van der Waals surface area contributed by atoms with E-state index in [1.165, 1.54) is 13.1 Å². The summed E-state index contributed by atoms with van der Waals surface area (Å²) in [6.07, 6.45) is 2.04. The Labute approximate surface area is 187 Å². The Bertz CT molecular complexity index is 1200. The maximum atomic E-state index is 13.5. The zero-order valence-electron chi connectivity index (χ0n) is 18.1. The van der Waals surface area contributed by atoms with Crippen LogP contribution >= 0.6 is 0 Å². The summed E-state index contributed by atoms with van der Waals surface area (Å²) in [6.45, 7) is 5.37. The molecular weight excluding hydrogens is 437 g/mol. The Morgan fingerprint density at radius 3 is 2.64 bits per heavy atom. The first-order chi connectivity index (χ1) is 15.8. The van der Waals surface area contributed by atoms with Crippen molar-refractivity contribution in [1.29, 1.82) is 0 Å². The van der Waals surface area contributed by atoms with Crippen molar-refractivity contribution in [3.05, 3.63) is 30.1 Å². The van der Waals surface area contributed by atoms with Crippen LogP contribution in [-0.2, 0) is 10.9 Å². The second-order valence-corrected chi connectivity index (χ2v) is 9.22. The number of rotatable bonds is 3. The predicted molar refractivity (Wildman–Crippen MR) is 113 cm³/mol. The first kappa shape index (κ1) is 20.6. The summed E-state index contributed by atoms with van der Waals surface area (Å²) >= 11 is 0. The molecule has 3 aromatic rings. The zero-order chi connectivity index (χ0) is 22.8. The molecule has 0 saturated carbocycles. The average Bonchev–Trinajstić information content (AvgIpc) is 3.50. The van der Waals surface area contributed by atoms with E-state index in [1.807, 2.05) is 4.68 Å². The molecule has 3 aromatic heterocycles. The molecule has 0 N–H and O–H groups in total. The smallest absolute Gasteiger partial charge is 0.379 e. The lowest BCUT2D eigenvalue weighted by Crippen LogP contribution is -2.58. The second kappa shape index (κ2) is 7.24. The summed E-state index contributed by atoms with van der Waals surface area (Å²) in [5.74, 6) is 0.888. The molecule has 0 radical (unpaired) electrons. The number of alkyl halides is 3. The van der Waals surface area contributed by atoms with Gasteiger partial charge in [0, 0.05) is 38.2 Å². The van der Waals surface area contributed by atoms with E-state index in [9.17, 15) is 13.2 Å². The van der Waals surface area contributed by atoms with Crippen molar-refractivity contribution < 1.29 is 17.9 Å². The number of ether oxygens (including phenoxy) is 1. The quantitative estimate of drug-likeness (QED) is 0.590. The lowest BCUT2D eigenvalue weighted by Gasteiger charge is -2.49. The molecule has 0 unspecified atom stereocenters. The third-order valence-electron chi connectivity index (χ3n) is 6.86. The molecule has 3 fully saturated rings. The Morgan fingerprint density at radius 2 is 1.88 bits per heavy atom. The van der Waals surface area contributed by atoms with Crippen LogP contribution in [0.15, 0.2) is 18.6 Å². The van der Waals surface area contributed by atoms with E-state index < -0.39 is 11.9 Å². The number of fused-ring (bicyclic) bond motifs is 1. The highest BCUT2D eigenvalue weighted by molar-refractivity contribution is 5.71. The highest BCUT2D eigenvalue weighted by Crippen LogP contribution is 2.45. The van der Waals surface area contributed by atoms with Crippen LogP contribution in [0.3, 0.4) is 0 Å². The highest BCUT2D eigenvalue weighted by atomic mass is 19.4. The van der Waals surface area contributed by atoms with Gasteiger partial charge in [-0.3, -0.25) is 0 Å². The molecule has 0 aromatic carbocycles. The van der Waals surface area contributed by atoms with E-state index in [1.54, 1.807) is 17.3 Å². The first-order valence-corrected chi connectivity index (χ1v) is 11.0. The summed E-state index contributed by atoms with van der Waals surface area (Å²) in [7, 11) is 0. The Balaban J connectivity index is 1.20. The van der Waals surface area contributed by atoms with Crippen molar-refractivity contribution in [1.82, 2.24) is 29.7 Å². The van der Waals surface area contributed by atoms with Gasteiger partial charge in [0.1, 0.15) is 17.2 Å². The molecule has 6 rings (SSSR count). The van der Waals surface area contributed by atoms with Crippen molar-refractivity contribution in [3.8, 4) is 0 Å². The van der Waals surface area contributed by atoms with E-state index >= 15 is 0 Å². The van der Waals surface area contributed by atoms with Gasteiger partial charge in [-0.05, 0) is 19.8 Å². The molecule has 174 valence electrons. The van der Waals surface area contributed by atoms with E-state index in [4.69, 9.17) is 9.72 Å². The van der Waals surface area contributed by atoms with Crippen LogP contribution in [0.1, 0.15) is 30.4 Å². The van der Waals surface area contributed by atoms with E-state index in [2.05, 4.69) is 25.0 Å². The molecule has 3 saturated heterocycles. The van der Waals surface area contributed by atoms with Crippen molar-refractivity contribution >= 4 is 22.7 Å². The van der Waals surface area contributed by atoms with Gasteiger partial charge in [-0.1, -0.05) is 0 Å². The van der Waals surface area contributed by atoms with Gasteiger partial charge in [0.25, 0.3) is 0 Å². The van der Waals surface area contributed by atoms with Gasteiger partial charge in [0.15, 0.2) is 11.3 Å². The van der Waals surface area contributed by atoms with Gasteiger partial charge in [0.05, 0.1) is 36.9 Å². The van der Waals surface area contributed by atoms with Gasteiger partial charge < -0.3 is 14.5 Å². The summed E-state index contributed by atoms with van der Waals surface area (Å²) in [6, 6.07) is 0.164. The normalized spacial score (nSPS) is 22.5. The molecule has 12 heteroatoms. The molecule has 6 heterocycles. The maximum absolute atomic E-state index is 13.5. The van der Waals surface area contributed by atoms with Crippen molar-refractivity contribution in [2.45, 2.75) is 32.0 Å². The van der Waals surface area contributed by atoms with Crippen LogP contribution in [0.5, 0.6) is 0 Å². The third-order valence-corrected chi connectivity index (χ3v) is 6.86. The highest BCUT2D eigenvalue weighted by Gasteiger charge is 2.50. The number of aryl methyl sites for hydroxylation is 1. The van der Waals surface area contributed by atoms with Crippen LogP contribution < -0.4 is 9.80 Å².